The summed E-state index contributed by atoms with van der Waals surface area (Å²) >= 11 is 1.85. The number of hydrogen-bond donors (Lipinski definition) is 1. The van der Waals surface area contributed by atoms with Gasteiger partial charge in [0.05, 0.1) is 6.04 Å². The van der Waals surface area contributed by atoms with Crippen LogP contribution in [0.1, 0.15) is 24.3 Å². The molecule has 0 aliphatic carbocycles. The van der Waals surface area contributed by atoms with E-state index in [-0.39, 0.29) is 16.7 Å². The van der Waals surface area contributed by atoms with Crippen molar-refractivity contribution in [1.82, 2.24) is 10.3 Å². The van der Waals surface area contributed by atoms with Crippen LogP contribution in [0.5, 0.6) is 0 Å². The summed E-state index contributed by atoms with van der Waals surface area (Å²) < 4.78 is 4.88. The summed E-state index contributed by atoms with van der Waals surface area (Å²) in [7, 11) is 0. The fourth-order valence-corrected chi connectivity index (χ4v) is 2.41. The van der Waals surface area contributed by atoms with Gasteiger partial charge in [-0.3, -0.25) is 4.79 Å². The van der Waals surface area contributed by atoms with E-state index in [1.807, 2.05) is 11.8 Å². The van der Waals surface area contributed by atoms with Crippen LogP contribution in [0.3, 0.4) is 0 Å². The average Bonchev–Trinajstić information content (AvgIpc) is 2.65. The van der Waals surface area contributed by atoms with Gasteiger partial charge in [-0.15, -0.1) is 0 Å². The lowest BCUT2D eigenvalue weighted by Crippen LogP contribution is -2.56. The molecule has 1 saturated heterocycles. The lowest BCUT2D eigenvalue weighted by Gasteiger charge is -2.43. The second kappa shape index (κ2) is 3.31. The quantitative estimate of drug-likeness (QED) is 0.802. The predicted octanol–water partition coefficient (Wildman–Crippen LogP) is 1.30. The highest BCUT2D eigenvalue weighted by Gasteiger charge is 2.40. The molecule has 2 heterocycles. The number of thioether (sulfide) groups is 1. The summed E-state index contributed by atoms with van der Waals surface area (Å²) in [5, 5.41) is 2.93. The van der Waals surface area contributed by atoms with Crippen molar-refractivity contribution < 1.29 is 9.21 Å². The van der Waals surface area contributed by atoms with E-state index < -0.39 is 0 Å². The molecule has 1 aliphatic rings. The SMILES string of the molecule is CC1(C)SCC1NC(=O)c1cocn1. The molecule has 1 amide bonds. The normalized spacial score (nSPS) is 24.0. The molecule has 2 rings (SSSR count). The van der Waals surface area contributed by atoms with Gasteiger partial charge in [0.15, 0.2) is 12.1 Å². The van der Waals surface area contributed by atoms with Crippen LogP contribution in [0.25, 0.3) is 0 Å². The van der Waals surface area contributed by atoms with Crippen LogP contribution in [-0.2, 0) is 0 Å². The Morgan fingerprint density at radius 3 is 3.00 bits per heavy atom. The smallest absolute Gasteiger partial charge is 0.273 e. The minimum atomic E-state index is -0.155. The number of carbonyl (C=O) groups excluding carboxylic acids is 1. The highest BCUT2D eigenvalue weighted by Crippen LogP contribution is 2.39. The molecule has 1 aromatic rings. The van der Waals surface area contributed by atoms with Gasteiger partial charge in [-0.25, -0.2) is 4.98 Å². The van der Waals surface area contributed by atoms with Crippen LogP contribution in [0.4, 0.5) is 0 Å². The van der Waals surface area contributed by atoms with Gasteiger partial charge in [-0.2, -0.15) is 11.8 Å². The maximum absolute atomic E-state index is 11.6. The molecular formula is C9H12N2O2S. The Morgan fingerprint density at radius 1 is 1.79 bits per heavy atom. The summed E-state index contributed by atoms with van der Waals surface area (Å²) in [5.74, 6) is 0.813. The van der Waals surface area contributed by atoms with Gasteiger partial charge in [-0.1, -0.05) is 0 Å². The van der Waals surface area contributed by atoms with Crippen molar-refractivity contribution in [2.24, 2.45) is 0 Å². The number of nitrogens with zero attached hydrogens (tertiary/aromatic N) is 1. The van der Waals surface area contributed by atoms with Gasteiger partial charge in [0.2, 0.25) is 0 Å². The number of nitrogens with one attached hydrogen (secondary N) is 1. The van der Waals surface area contributed by atoms with E-state index >= 15 is 0 Å². The van der Waals surface area contributed by atoms with Crippen molar-refractivity contribution in [1.29, 1.82) is 0 Å². The minimum absolute atomic E-state index is 0.138. The molecule has 1 aromatic heterocycles. The van der Waals surface area contributed by atoms with E-state index in [1.54, 1.807) is 0 Å². The third-order valence-corrected chi connectivity index (χ3v) is 3.96. The van der Waals surface area contributed by atoms with Crippen LogP contribution in [0, 0.1) is 0 Å². The first-order valence-corrected chi connectivity index (χ1v) is 5.41. The second-order valence-electron chi connectivity index (χ2n) is 3.81. The van der Waals surface area contributed by atoms with Crippen LogP contribution in [-0.4, -0.2) is 27.4 Å². The van der Waals surface area contributed by atoms with Crippen LogP contribution >= 0.6 is 11.8 Å². The Labute approximate surface area is 86.5 Å². The topological polar surface area (TPSA) is 55.1 Å². The lowest BCUT2D eigenvalue weighted by molar-refractivity contribution is 0.0926. The van der Waals surface area contributed by atoms with Crippen molar-refractivity contribution in [3.63, 3.8) is 0 Å². The summed E-state index contributed by atoms with van der Waals surface area (Å²) in [6, 6.07) is 0.233. The number of hydrogen-bond acceptors (Lipinski definition) is 4. The largest absolute Gasteiger partial charge is 0.451 e. The molecular weight excluding hydrogens is 200 g/mol. The average molecular weight is 212 g/mol. The zero-order valence-electron chi connectivity index (χ0n) is 8.11. The highest BCUT2D eigenvalue weighted by molar-refractivity contribution is 8.02. The fraction of sp³-hybridized carbons (Fsp3) is 0.556. The number of carbonyl (C=O) groups is 1. The fourth-order valence-electron chi connectivity index (χ4n) is 1.27. The van der Waals surface area contributed by atoms with Crippen molar-refractivity contribution in [2.45, 2.75) is 24.6 Å². The Morgan fingerprint density at radius 2 is 2.57 bits per heavy atom. The van der Waals surface area contributed by atoms with E-state index in [4.69, 9.17) is 4.42 Å². The van der Waals surface area contributed by atoms with Crippen LogP contribution in [0.2, 0.25) is 0 Å². The van der Waals surface area contributed by atoms with Crippen LogP contribution < -0.4 is 5.32 Å². The predicted molar refractivity (Wildman–Crippen MR) is 54.3 cm³/mol. The number of aromatic nitrogens is 1. The van der Waals surface area contributed by atoms with Crippen molar-refractivity contribution in [2.75, 3.05) is 5.75 Å². The molecule has 0 radical (unpaired) electrons. The molecule has 1 fully saturated rings. The van der Waals surface area contributed by atoms with E-state index in [2.05, 4.69) is 24.1 Å². The molecule has 0 aromatic carbocycles. The Bertz CT molecular complexity index is 335. The Balaban J connectivity index is 1.96. The van der Waals surface area contributed by atoms with Crippen molar-refractivity contribution >= 4 is 17.7 Å². The molecule has 0 bridgehead atoms. The Kier molecular flexibility index (Phi) is 2.26. The number of oxazole rings is 1. The highest BCUT2D eigenvalue weighted by atomic mass is 32.2. The van der Waals surface area contributed by atoms with Gasteiger partial charge >= 0.3 is 0 Å². The standard InChI is InChI=1S/C9H12N2O2S/c1-9(2)7(4-14-9)11-8(12)6-3-13-5-10-6/h3,5,7H,4H2,1-2H3,(H,11,12). The van der Waals surface area contributed by atoms with Gasteiger partial charge in [0.25, 0.3) is 5.91 Å². The van der Waals surface area contributed by atoms with Crippen LogP contribution in [0.15, 0.2) is 17.1 Å². The second-order valence-corrected chi connectivity index (χ2v) is 5.49. The summed E-state index contributed by atoms with van der Waals surface area (Å²) in [5.41, 5.74) is 0.345. The van der Waals surface area contributed by atoms with Gasteiger partial charge < -0.3 is 9.73 Å². The van der Waals surface area contributed by atoms with E-state index in [9.17, 15) is 4.79 Å². The third-order valence-electron chi connectivity index (χ3n) is 2.43. The maximum Gasteiger partial charge on any atom is 0.273 e. The first kappa shape index (κ1) is 9.58. The monoisotopic (exact) mass is 212 g/mol. The Hall–Kier alpha value is -0.970. The molecule has 76 valence electrons. The molecule has 1 N–H and O–H groups in total. The summed E-state index contributed by atoms with van der Waals surface area (Å²) in [6.45, 7) is 4.24. The maximum atomic E-state index is 11.6. The molecule has 1 atom stereocenters. The van der Waals surface area contributed by atoms with E-state index in [0.29, 0.717) is 5.69 Å². The molecule has 0 saturated carbocycles. The molecule has 0 spiro atoms. The number of amides is 1. The molecule has 4 nitrogen and oxygen atoms in total. The lowest BCUT2D eigenvalue weighted by atomic mass is 10.0. The van der Waals surface area contributed by atoms with Crippen molar-refractivity contribution in [3.05, 3.63) is 18.4 Å². The molecule has 5 heteroatoms. The summed E-state index contributed by atoms with van der Waals surface area (Å²) in [4.78, 5) is 15.3. The molecule has 1 unspecified atom stereocenters. The van der Waals surface area contributed by atoms with Gasteiger partial charge in [-0.05, 0) is 13.8 Å². The zero-order chi connectivity index (χ0) is 10.2. The molecule has 1 aliphatic heterocycles. The summed E-state index contributed by atoms with van der Waals surface area (Å²) in [6.07, 6.45) is 2.61. The van der Waals surface area contributed by atoms with Gasteiger partial charge in [0.1, 0.15) is 6.26 Å². The van der Waals surface area contributed by atoms with Crippen molar-refractivity contribution in [3.8, 4) is 0 Å². The molecule has 14 heavy (non-hydrogen) atoms. The zero-order valence-corrected chi connectivity index (χ0v) is 8.93. The first-order chi connectivity index (χ1) is 6.59. The van der Waals surface area contributed by atoms with E-state index in [1.165, 1.54) is 12.7 Å². The third kappa shape index (κ3) is 1.64. The number of rotatable bonds is 2. The minimum Gasteiger partial charge on any atom is -0.451 e. The van der Waals surface area contributed by atoms with E-state index in [0.717, 1.165) is 5.75 Å². The van der Waals surface area contributed by atoms with Gasteiger partial charge in [0, 0.05) is 10.5 Å². The first-order valence-electron chi connectivity index (χ1n) is 4.42.